The lowest BCUT2D eigenvalue weighted by molar-refractivity contribution is -0.673. The lowest BCUT2D eigenvalue weighted by Crippen LogP contribution is -2.30. The summed E-state index contributed by atoms with van der Waals surface area (Å²) >= 11 is 4.31. The Morgan fingerprint density at radius 3 is 2.58 bits per heavy atom. The van der Waals surface area contributed by atoms with Crippen molar-refractivity contribution in [2.45, 2.75) is 0 Å². The Kier molecular flexibility index (Phi) is 5.21. The minimum Gasteiger partial charge on any atom is -0.374 e. The Labute approximate surface area is 149 Å². The molecule has 3 aromatic rings. The summed E-state index contributed by atoms with van der Waals surface area (Å²) in [6.07, 6.45) is 6.37. The zero-order valence-corrected chi connectivity index (χ0v) is 15.1. The molecule has 0 bridgehead atoms. The van der Waals surface area contributed by atoms with Gasteiger partial charge in [0.25, 0.3) is 0 Å². The number of pyridine rings is 1. The Morgan fingerprint density at radius 2 is 1.79 bits per heavy atom. The largest absolute Gasteiger partial charge is 0.374 e. The molecule has 0 radical (unpaired) electrons. The predicted octanol–water partition coefficient (Wildman–Crippen LogP) is 4.20. The molecule has 3 rings (SSSR count). The van der Waals surface area contributed by atoms with Crippen molar-refractivity contribution in [1.29, 1.82) is 0 Å². The molecule has 3 heteroatoms. The smallest absolute Gasteiger partial charge is 0.204 e. The van der Waals surface area contributed by atoms with Gasteiger partial charge in [-0.3, -0.25) is 0 Å². The molecule has 24 heavy (non-hydrogen) atoms. The minimum atomic E-state index is 0.856. The van der Waals surface area contributed by atoms with Crippen LogP contribution in [0.4, 0.5) is 5.69 Å². The summed E-state index contributed by atoms with van der Waals surface area (Å²) in [5, 5.41) is 2.53. The van der Waals surface area contributed by atoms with Crippen molar-refractivity contribution in [2.75, 3.05) is 24.2 Å². The van der Waals surface area contributed by atoms with Gasteiger partial charge in [-0.15, -0.1) is 0 Å². The first kappa shape index (κ1) is 16.6. The molecule has 0 saturated carbocycles. The average Bonchev–Trinajstić information content (AvgIpc) is 2.60. The molecular weight excluding hydrogens is 312 g/mol. The van der Waals surface area contributed by atoms with E-state index >= 15 is 0 Å². The van der Waals surface area contributed by atoms with Gasteiger partial charge in [0.1, 0.15) is 7.05 Å². The van der Waals surface area contributed by atoms with Crippen LogP contribution in [0.1, 0.15) is 11.3 Å². The summed E-state index contributed by atoms with van der Waals surface area (Å²) in [6, 6.07) is 19.4. The van der Waals surface area contributed by atoms with Crippen molar-refractivity contribution in [2.24, 2.45) is 7.05 Å². The van der Waals surface area contributed by atoms with Gasteiger partial charge in [-0.2, -0.15) is 12.6 Å². The number of fused-ring (bicyclic) bond motifs is 1. The van der Waals surface area contributed by atoms with Gasteiger partial charge in [-0.05, 0) is 46.7 Å². The third-order valence-corrected chi connectivity index (χ3v) is 4.47. The van der Waals surface area contributed by atoms with Gasteiger partial charge in [0.2, 0.25) is 5.69 Å². The lowest BCUT2D eigenvalue weighted by Gasteiger charge is -2.18. The van der Waals surface area contributed by atoms with E-state index in [9.17, 15) is 0 Å². The molecule has 0 atom stereocenters. The fraction of sp³-hybridized carbons (Fsp3) is 0.190. The van der Waals surface area contributed by atoms with Crippen LogP contribution in [-0.4, -0.2) is 19.3 Å². The van der Waals surface area contributed by atoms with E-state index in [-0.39, 0.29) is 0 Å². The molecule has 0 aliphatic carbocycles. The second kappa shape index (κ2) is 7.54. The van der Waals surface area contributed by atoms with Crippen LogP contribution in [0, 0.1) is 0 Å². The van der Waals surface area contributed by atoms with Crippen molar-refractivity contribution in [3.8, 4) is 0 Å². The normalized spacial score (nSPS) is 11.3. The number of anilines is 1. The number of benzene rings is 2. The summed E-state index contributed by atoms with van der Waals surface area (Å²) < 4.78 is 2.11. The molecule has 0 saturated heterocycles. The number of aromatic nitrogens is 1. The van der Waals surface area contributed by atoms with E-state index in [1.807, 2.05) is 6.07 Å². The van der Waals surface area contributed by atoms with Crippen molar-refractivity contribution < 1.29 is 4.57 Å². The van der Waals surface area contributed by atoms with Gasteiger partial charge in [-0.1, -0.05) is 18.2 Å². The molecule has 2 aromatic carbocycles. The van der Waals surface area contributed by atoms with Crippen LogP contribution in [0.2, 0.25) is 0 Å². The molecule has 0 aliphatic heterocycles. The van der Waals surface area contributed by atoms with Crippen LogP contribution in [0.5, 0.6) is 0 Å². The Bertz CT molecular complexity index is 871. The molecule has 0 aliphatic rings. The van der Waals surface area contributed by atoms with E-state index in [1.54, 1.807) is 0 Å². The van der Waals surface area contributed by atoms with Crippen LogP contribution in [0.15, 0.2) is 60.8 Å². The SMILES string of the molecule is CN(CCS)c1ccc2cc(/C=C/c3cccc[n+]3C)ccc2c1. The first-order valence-corrected chi connectivity index (χ1v) is 8.79. The van der Waals surface area contributed by atoms with Crippen molar-refractivity contribution >= 4 is 41.2 Å². The quantitative estimate of drug-likeness (QED) is 0.542. The number of hydrogen-bond donors (Lipinski definition) is 1. The van der Waals surface area contributed by atoms with E-state index in [4.69, 9.17) is 0 Å². The highest BCUT2D eigenvalue weighted by atomic mass is 32.1. The van der Waals surface area contributed by atoms with Gasteiger partial charge in [0.05, 0.1) is 0 Å². The van der Waals surface area contributed by atoms with Crippen LogP contribution >= 0.6 is 12.6 Å². The van der Waals surface area contributed by atoms with Crippen molar-refractivity contribution in [3.05, 3.63) is 72.1 Å². The zero-order chi connectivity index (χ0) is 16.9. The van der Waals surface area contributed by atoms with Crippen LogP contribution in [0.3, 0.4) is 0 Å². The number of aryl methyl sites for hydroxylation is 1. The maximum Gasteiger partial charge on any atom is 0.204 e. The summed E-state index contributed by atoms with van der Waals surface area (Å²) in [5.41, 5.74) is 3.63. The topological polar surface area (TPSA) is 7.12 Å². The zero-order valence-electron chi connectivity index (χ0n) is 14.2. The Morgan fingerprint density at radius 1 is 1.00 bits per heavy atom. The molecule has 0 amide bonds. The van der Waals surface area contributed by atoms with Crippen LogP contribution in [-0.2, 0) is 7.05 Å². The fourth-order valence-corrected chi connectivity index (χ4v) is 3.06. The van der Waals surface area contributed by atoms with E-state index in [1.165, 1.54) is 27.7 Å². The van der Waals surface area contributed by atoms with E-state index in [0.717, 1.165) is 12.3 Å². The van der Waals surface area contributed by atoms with Gasteiger partial charge < -0.3 is 4.90 Å². The molecule has 122 valence electrons. The predicted molar refractivity (Wildman–Crippen MR) is 108 cm³/mol. The maximum atomic E-state index is 4.31. The summed E-state index contributed by atoms with van der Waals surface area (Å²) in [6.45, 7) is 0.948. The number of hydrogen-bond acceptors (Lipinski definition) is 2. The van der Waals surface area contributed by atoms with E-state index in [2.05, 4.69) is 103 Å². The highest BCUT2D eigenvalue weighted by Crippen LogP contribution is 2.23. The number of thiol groups is 1. The van der Waals surface area contributed by atoms with Crippen LogP contribution < -0.4 is 9.47 Å². The molecule has 0 spiro atoms. The van der Waals surface area contributed by atoms with Gasteiger partial charge in [-0.25, -0.2) is 4.57 Å². The molecule has 1 aromatic heterocycles. The van der Waals surface area contributed by atoms with Gasteiger partial charge in [0.15, 0.2) is 6.20 Å². The first-order valence-electron chi connectivity index (χ1n) is 8.16. The van der Waals surface area contributed by atoms with Crippen molar-refractivity contribution in [3.63, 3.8) is 0 Å². The second-order valence-electron chi connectivity index (χ2n) is 6.01. The summed E-state index contributed by atoms with van der Waals surface area (Å²) in [7, 11) is 4.16. The average molecular weight is 335 g/mol. The molecule has 2 nitrogen and oxygen atoms in total. The lowest BCUT2D eigenvalue weighted by atomic mass is 10.1. The third kappa shape index (κ3) is 3.80. The van der Waals surface area contributed by atoms with Gasteiger partial charge >= 0.3 is 0 Å². The number of nitrogens with zero attached hydrogens (tertiary/aromatic N) is 2. The molecule has 0 fully saturated rings. The fourth-order valence-electron chi connectivity index (χ4n) is 2.76. The van der Waals surface area contributed by atoms with Crippen molar-refractivity contribution in [1.82, 2.24) is 0 Å². The highest BCUT2D eigenvalue weighted by molar-refractivity contribution is 7.80. The Hall–Kier alpha value is -2.26. The monoisotopic (exact) mass is 335 g/mol. The molecular formula is C21H23N2S+. The molecule has 0 N–H and O–H groups in total. The maximum absolute atomic E-state index is 4.31. The summed E-state index contributed by atoms with van der Waals surface area (Å²) in [4.78, 5) is 2.23. The third-order valence-electron chi connectivity index (χ3n) is 4.27. The molecule has 0 unspecified atom stereocenters. The first-order chi connectivity index (χ1) is 11.7. The number of rotatable bonds is 5. The summed E-state index contributed by atoms with van der Waals surface area (Å²) in [5.74, 6) is 0.856. The Balaban J connectivity index is 1.86. The van der Waals surface area contributed by atoms with Gasteiger partial charge in [0, 0.05) is 43.2 Å². The highest BCUT2D eigenvalue weighted by Gasteiger charge is 2.03. The minimum absolute atomic E-state index is 0.856. The molecule has 1 heterocycles. The van der Waals surface area contributed by atoms with E-state index < -0.39 is 0 Å². The standard InChI is InChI=1S/C21H22N2S/c1-22-12-4-3-5-20(22)10-7-17-6-8-19-16-21(23(2)13-14-24)11-9-18(19)15-17/h3-12,15-16H,13-14H2,1-2H3/p+1. The second-order valence-corrected chi connectivity index (χ2v) is 6.45. The van der Waals surface area contributed by atoms with Crippen LogP contribution in [0.25, 0.3) is 22.9 Å². The van der Waals surface area contributed by atoms with E-state index in [0.29, 0.717) is 0 Å².